The molecule has 1 saturated heterocycles. The van der Waals surface area contributed by atoms with Gasteiger partial charge in [-0.1, -0.05) is 15.9 Å². The van der Waals surface area contributed by atoms with E-state index in [1.807, 2.05) is 0 Å². The molecule has 1 fully saturated rings. The molecule has 3 nitrogen and oxygen atoms in total. The molecule has 1 N–H and O–H groups in total. The zero-order valence-corrected chi connectivity index (χ0v) is 11.8. The van der Waals surface area contributed by atoms with Gasteiger partial charge in [-0.2, -0.15) is 0 Å². The van der Waals surface area contributed by atoms with E-state index in [2.05, 4.69) is 31.2 Å². The van der Waals surface area contributed by atoms with E-state index in [-0.39, 0.29) is 5.82 Å². The molecule has 5 heteroatoms. The summed E-state index contributed by atoms with van der Waals surface area (Å²) < 4.78 is 14.7. The lowest BCUT2D eigenvalue weighted by atomic mass is 10.1. The first-order valence-corrected chi connectivity index (χ1v) is 7.02. The minimum absolute atomic E-state index is 0.266. The fourth-order valence-electron chi connectivity index (χ4n) is 2.29. The van der Waals surface area contributed by atoms with Gasteiger partial charge >= 0.3 is 0 Å². The van der Waals surface area contributed by atoms with Crippen molar-refractivity contribution in [1.82, 2.24) is 15.3 Å². The van der Waals surface area contributed by atoms with Gasteiger partial charge < -0.3 is 5.32 Å². The van der Waals surface area contributed by atoms with Crippen LogP contribution in [0, 0.1) is 5.82 Å². The molecule has 19 heavy (non-hydrogen) atoms. The van der Waals surface area contributed by atoms with Crippen LogP contribution in [0.2, 0.25) is 0 Å². The zero-order chi connectivity index (χ0) is 13.2. The molecule has 1 aromatic carbocycles. The topological polar surface area (TPSA) is 37.8 Å². The van der Waals surface area contributed by atoms with Gasteiger partial charge in [0.2, 0.25) is 0 Å². The van der Waals surface area contributed by atoms with Crippen LogP contribution in [0.3, 0.4) is 0 Å². The second kappa shape index (κ2) is 5.35. The van der Waals surface area contributed by atoms with E-state index in [1.54, 1.807) is 24.4 Å². The monoisotopic (exact) mass is 321 g/mol. The van der Waals surface area contributed by atoms with Gasteiger partial charge in [-0.3, -0.25) is 0 Å². The third kappa shape index (κ3) is 2.67. The number of aromatic nitrogens is 2. The van der Waals surface area contributed by atoms with Crippen LogP contribution < -0.4 is 5.32 Å². The molecule has 1 aromatic heterocycles. The molecular formula is C14H13BrFN3. The van der Waals surface area contributed by atoms with Gasteiger partial charge in [0.15, 0.2) is 0 Å². The molecule has 1 atom stereocenters. The number of hydrogen-bond acceptors (Lipinski definition) is 3. The third-order valence-corrected chi connectivity index (χ3v) is 3.80. The molecule has 1 aliphatic rings. The van der Waals surface area contributed by atoms with Crippen LogP contribution in [0.15, 0.2) is 34.9 Å². The summed E-state index contributed by atoms with van der Waals surface area (Å²) in [5.41, 5.74) is 1.14. The largest absolute Gasteiger partial charge is 0.316 e. The van der Waals surface area contributed by atoms with Gasteiger partial charge in [0.05, 0.1) is 5.69 Å². The van der Waals surface area contributed by atoms with Crippen LogP contribution in [-0.4, -0.2) is 23.1 Å². The first kappa shape index (κ1) is 12.7. The summed E-state index contributed by atoms with van der Waals surface area (Å²) in [7, 11) is 0. The molecular weight excluding hydrogens is 309 g/mol. The Bertz CT molecular complexity index is 597. The van der Waals surface area contributed by atoms with Crippen molar-refractivity contribution >= 4 is 15.9 Å². The summed E-state index contributed by atoms with van der Waals surface area (Å²) in [5, 5.41) is 3.29. The zero-order valence-electron chi connectivity index (χ0n) is 10.2. The number of hydrogen-bond donors (Lipinski definition) is 1. The highest BCUT2D eigenvalue weighted by atomic mass is 79.9. The van der Waals surface area contributed by atoms with Crippen molar-refractivity contribution in [3.63, 3.8) is 0 Å². The van der Waals surface area contributed by atoms with Gasteiger partial charge in [0.25, 0.3) is 0 Å². The Kier molecular flexibility index (Phi) is 3.57. The fourth-order valence-corrected chi connectivity index (χ4v) is 2.65. The minimum atomic E-state index is -0.266. The number of rotatable bonds is 2. The molecule has 0 radical (unpaired) electrons. The second-order valence-corrected chi connectivity index (χ2v) is 5.53. The lowest BCUT2D eigenvalue weighted by Crippen LogP contribution is -2.10. The van der Waals surface area contributed by atoms with Crippen LogP contribution in [0.4, 0.5) is 4.39 Å². The van der Waals surface area contributed by atoms with E-state index in [1.165, 1.54) is 6.07 Å². The average molecular weight is 322 g/mol. The Hall–Kier alpha value is -1.33. The Morgan fingerprint density at radius 3 is 3.00 bits per heavy atom. The Labute approximate surface area is 119 Å². The van der Waals surface area contributed by atoms with Crippen molar-refractivity contribution in [2.45, 2.75) is 12.3 Å². The van der Waals surface area contributed by atoms with Gasteiger partial charge in [-0.25, -0.2) is 14.4 Å². The lowest BCUT2D eigenvalue weighted by molar-refractivity contribution is 0.629. The molecule has 0 saturated carbocycles. The van der Waals surface area contributed by atoms with Crippen LogP contribution in [-0.2, 0) is 0 Å². The Morgan fingerprint density at radius 1 is 1.32 bits per heavy atom. The van der Waals surface area contributed by atoms with E-state index < -0.39 is 0 Å². The van der Waals surface area contributed by atoms with Crippen LogP contribution >= 0.6 is 15.9 Å². The Morgan fingerprint density at radius 2 is 2.21 bits per heavy atom. The van der Waals surface area contributed by atoms with Crippen molar-refractivity contribution in [3.8, 4) is 11.3 Å². The number of benzene rings is 1. The van der Waals surface area contributed by atoms with E-state index in [4.69, 9.17) is 0 Å². The van der Waals surface area contributed by atoms with Crippen molar-refractivity contribution < 1.29 is 4.39 Å². The van der Waals surface area contributed by atoms with Crippen molar-refractivity contribution in [2.75, 3.05) is 13.1 Å². The highest BCUT2D eigenvalue weighted by Gasteiger charge is 2.20. The quantitative estimate of drug-likeness (QED) is 0.923. The average Bonchev–Trinajstić information content (AvgIpc) is 2.96. The van der Waals surface area contributed by atoms with Crippen molar-refractivity contribution in [1.29, 1.82) is 0 Å². The highest BCUT2D eigenvalue weighted by molar-refractivity contribution is 9.10. The smallest absolute Gasteiger partial charge is 0.133 e. The minimum Gasteiger partial charge on any atom is -0.316 e. The molecule has 0 amide bonds. The fraction of sp³-hybridized carbons (Fsp3) is 0.286. The summed E-state index contributed by atoms with van der Waals surface area (Å²) in [6.45, 7) is 1.88. The van der Waals surface area contributed by atoms with Gasteiger partial charge in [0.1, 0.15) is 11.6 Å². The molecule has 1 unspecified atom stereocenters. The summed E-state index contributed by atoms with van der Waals surface area (Å²) in [6, 6.07) is 6.62. The molecule has 98 valence electrons. The normalized spacial score (nSPS) is 18.7. The molecule has 3 rings (SSSR count). The molecule has 2 heterocycles. The first-order valence-electron chi connectivity index (χ1n) is 6.23. The Balaban J connectivity index is 2.00. The summed E-state index contributed by atoms with van der Waals surface area (Å²) in [4.78, 5) is 8.83. The lowest BCUT2D eigenvalue weighted by Gasteiger charge is -2.09. The maximum atomic E-state index is 13.9. The van der Waals surface area contributed by atoms with Gasteiger partial charge in [-0.05, 0) is 37.2 Å². The summed E-state index contributed by atoms with van der Waals surface area (Å²) >= 11 is 3.36. The van der Waals surface area contributed by atoms with E-state index >= 15 is 0 Å². The number of halogens is 2. The summed E-state index contributed by atoms with van der Waals surface area (Å²) in [5.74, 6) is 0.856. The second-order valence-electron chi connectivity index (χ2n) is 4.61. The molecule has 0 bridgehead atoms. The SMILES string of the molecule is Fc1ccc(Br)cc1-c1ccnc(C2CCNC2)n1. The van der Waals surface area contributed by atoms with E-state index in [0.717, 1.165) is 29.8 Å². The standard InChI is InChI=1S/C14H13BrFN3/c15-10-1-2-12(16)11(7-10)13-4-6-18-14(19-13)9-3-5-17-8-9/h1-2,4,6-7,9,17H,3,5,8H2. The number of nitrogens with zero attached hydrogens (tertiary/aromatic N) is 2. The predicted octanol–water partition coefficient (Wildman–Crippen LogP) is 3.12. The van der Waals surface area contributed by atoms with E-state index in [0.29, 0.717) is 17.2 Å². The van der Waals surface area contributed by atoms with Gasteiger partial charge in [0, 0.05) is 28.7 Å². The van der Waals surface area contributed by atoms with E-state index in [9.17, 15) is 4.39 Å². The predicted molar refractivity (Wildman–Crippen MR) is 75.4 cm³/mol. The number of nitrogens with one attached hydrogen (secondary N) is 1. The van der Waals surface area contributed by atoms with Crippen molar-refractivity contribution in [2.24, 2.45) is 0 Å². The maximum absolute atomic E-state index is 13.9. The highest BCUT2D eigenvalue weighted by Crippen LogP contribution is 2.26. The molecule has 0 aliphatic carbocycles. The summed E-state index contributed by atoms with van der Waals surface area (Å²) in [6.07, 6.45) is 2.74. The van der Waals surface area contributed by atoms with Gasteiger partial charge in [-0.15, -0.1) is 0 Å². The molecule has 1 aliphatic heterocycles. The maximum Gasteiger partial charge on any atom is 0.133 e. The molecule has 2 aromatic rings. The first-order chi connectivity index (χ1) is 9.24. The third-order valence-electron chi connectivity index (χ3n) is 3.30. The van der Waals surface area contributed by atoms with Crippen LogP contribution in [0.1, 0.15) is 18.2 Å². The van der Waals surface area contributed by atoms with Crippen molar-refractivity contribution in [3.05, 3.63) is 46.6 Å². The van der Waals surface area contributed by atoms with Crippen LogP contribution in [0.5, 0.6) is 0 Å². The molecule has 0 spiro atoms. The van der Waals surface area contributed by atoms with Crippen LogP contribution in [0.25, 0.3) is 11.3 Å².